The average Bonchev–Trinajstić information content (AvgIpc) is 2.97. The molecule has 0 aromatic heterocycles. The number of carbonyl (C=O) groups excluding carboxylic acids is 1. The first-order chi connectivity index (χ1) is 7.20. The van der Waals surface area contributed by atoms with Gasteiger partial charge in [-0.05, 0) is 17.7 Å². The Morgan fingerprint density at radius 3 is 3.07 bits per heavy atom. The van der Waals surface area contributed by atoms with Gasteiger partial charge in [-0.15, -0.1) is 0 Å². The van der Waals surface area contributed by atoms with Gasteiger partial charge in [0.15, 0.2) is 0 Å². The Labute approximate surface area is 87.9 Å². The summed E-state index contributed by atoms with van der Waals surface area (Å²) in [5, 5.41) is 8.63. The van der Waals surface area contributed by atoms with Gasteiger partial charge in [0, 0.05) is 18.7 Å². The summed E-state index contributed by atoms with van der Waals surface area (Å²) >= 11 is 0. The highest BCUT2D eigenvalue weighted by molar-refractivity contribution is 5.92. The van der Waals surface area contributed by atoms with Crippen LogP contribution in [0.25, 0.3) is 0 Å². The average molecular weight is 201 g/mol. The maximum absolute atomic E-state index is 10.9. The van der Waals surface area contributed by atoms with E-state index in [9.17, 15) is 4.79 Å². The lowest BCUT2D eigenvalue weighted by atomic mass is 10.1. The van der Waals surface area contributed by atoms with Gasteiger partial charge >= 0.3 is 0 Å². The van der Waals surface area contributed by atoms with Crippen LogP contribution in [-0.4, -0.2) is 23.4 Å². The van der Waals surface area contributed by atoms with Crippen molar-refractivity contribution in [1.82, 2.24) is 4.90 Å². The van der Waals surface area contributed by atoms with Gasteiger partial charge in [0.05, 0.1) is 6.07 Å². The smallest absolute Gasteiger partial charge is 0.248 e. The second-order valence-electron chi connectivity index (χ2n) is 3.64. The summed E-state index contributed by atoms with van der Waals surface area (Å²) < 4.78 is 0. The molecule has 2 atom stereocenters. The van der Waals surface area contributed by atoms with E-state index in [0.29, 0.717) is 12.1 Å². The monoisotopic (exact) mass is 201 g/mol. The number of nitrogens with zero attached hydrogens (tertiary/aromatic N) is 2. The molecule has 1 aliphatic heterocycles. The molecular weight excluding hydrogens is 190 g/mol. The van der Waals surface area contributed by atoms with Crippen molar-refractivity contribution < 1.29 is 4.79 Å². The fourth-order valence-electron chi connectivity index (χ4n) is 1.53. The maximum Gasteiger partial charge on any atom is 0.248 e. The van der Waals surface area contributed by atoms with Crippen molar-refractivity contribution in [3.05, 3.63) is 35.4 Å². The molecule has 1 saturated heterocycles. The Morgan fingerprint density at radius 2 is 2.47 bits per heavy atom. The third-order valence-electron chi connectivity index (χ3n) is 2.46. The SMILES string of the molecule is N#CC1CN1Cc1cccc(C(N)=O)c1. The molecule has 0 spiro atoms. The van der Waals surface area contributed by atoms with Crippen molar-refractivity contribution in [2.75, 3.05) is 6.54 Å². The summed E-state index contributed by atoms with van der Waals surface area (Å²) in [4.78, 5) is 13.0. The summed E-state index contributed by atoms with van der Waals surface area (Å²) in [5.41, 5.74) is 6.71. The van der Waals surface area contributed by atoms with Crippen molar-refractivity contribution >= 4 is 5.91 Å². The van der Waals surface area contributed by atoms with Crippen LogP contribution in [-0.2, 0) is 6.54 Å². The molecule has 2 N–H and O–H groups in total. The maximum atomic E-state index is 10.9. The number of amides is 1. The molecule has 2 unspecified atom stereocenters. The van der Waals surface area contributed by atoms with Gasteiger partial charge in [0.25, 0.3) is 0 Å². The topological polar surface area (TPSA) is 69.9 Å². The zero-order chi connectivity index (χ0) is 10.8. The Kier molecular flexibility index (Phi) is 2.40. The highest BCUT2D eigenvalue weighted by atomic mass is 16.1. The number of hydrogen-bond donors (Lipinski definition) is 1. The van der Waals surface area contributed by atoms with E-state index in [-0.39, 0.29) is 6.04 Å². The van der Waals surface area contributed by atoms with Crippen molar-refractivity contribution in [2.45, 2.75) is 12.6 Å². The zero-order valence-corrected chi connectivity index (χ0v) is 8.18. The lowest BCUT2D eigenvalue weighted by molar-refractivity contribution is 0.1000. The quantitative estimate of drug-likeness (QED) is 0.723. The molecule has 0 aliphatic carbocycles. The molecule has 0 saturated carbocycles. The first-order valence-electron chi connectivity index (χ1n) is 4.73. The van der Waals surface area contributed by atoms with E-state index in [4.69, 9.17) is 11.0 Å². The minimum absolute atomic E-state index is 0.0437. The Morgan fingerprint density at radius 1 is 1.67 bits per heavy atom. The molecule has 1 fully saturated rings. The Bertz CT molecular complexity index is 436. The number of rotatable bonds is 3. The molecule has 2 rings (SSSR count). The Balaban J connectivity index is 2.07. The van der Waals surface area contributed by atoms with Gasteiger partial charge in [-0.25, -0.2) is 0 Å². The largest absolute Gasteiger partial charge is 0.366 e. The van der Waals surface area contributed by atoms with Crippen molar-refractivity contribution in [3.63, 3.8) is 0 Å². The third kappa shape index (κ3) is 2.14. The van der Waals surface area contributed by atoms with Gasteiger partial charge in [-0.1, -0.05) is 12.1 Å². The van der Waals surface area contributed by atoms with E-state index in [0.717, 1.165) is 12.1 Å². The molecule has 15 heavy (non-hydrogen) atoms. The molecule has 1 aromatic rings. The molecule has 0 radical (unpaired) electrons. The highest BCUT2D eigenvalue weighted by Gasteiger charge is 2.33. The molecule has 1 heterocycles. The summed E-state index contributed by atoms with van der Waals surface area (Å²) in [6, 6.07) is 9.42. The van der Waals surface area contributed by atoms with E-state index in [1.807, 2.05) is 11.0 Å². The van der Waals surface area contributed by atoms with Crippen LogP contribution in [0.15, 0.2) is 24.3 Å². The molecule has 4 nitrogen and oxygen atoms in total. The molecule has 4 heteroatoms. The molecule has 1 aromatic carbocycles. The number of carbonyl (C=O) groups is 1. The highest BCUT2D eigenvalue weighted by Crippen LogP contribution is 2.20. The second kappa shape index (κ2) is 3.71. The van der Waals surface area contributed by atoms with Crippen LogP contribution in [0.4, 0.5) is 0 Å². The van der Waals surface area contributed by atoms with Crippen LogP contribution in [0, 0.1) is 11.3 Å². The van der Waals surface area contributed by atoms with Crippen LogP contribution < -0.4 is 5.73 Å². The van der Waals surface area contributed by atoms with Gasteiger partial charge < -0.3 is 5.73 Å². The number of nitrogens with two attached hydrogens (primary N) is 1. The van der Waals surface area contributed by atoms with E-state index >= 15 is 0 Å². The minimum Gasteiger partial charge on any atom is -0.366 e. The fraction of sp³-hybridized carbons (Fsp3) is 0.273. The summed E-state index contributed by atoms with van der Waals surface area (Å²) in [6.45, 7) is 1.52. The standard InChI is InChI=1S/C11H11N3O/c12-5-10-7-14(10)6-8-2-1-3-9(4-8)11(13)15/h1-4,10H,6-7H2,(H2,13,15). The minimum atomic E-state index is -0.417. The number of primary amides is 1. The summed E-state index contributed by atoms with van der Waals surface area (Å²) in [6.07, 6.45) is 0. The van der Waals surface area contributed by atoms with Gasteiger partial charge in [0.1, 0.15) is 6.04 Å². The lowest BCUT2D eigenvalue weighted by Crippen LogP contribution is -2.11. The van der Waals surface area contributed by atoms with E-state index in [1.165, 1.54) is 0 Å². The Hall–Kier alpha value is -1.86. The number of hydrogen-bond acceptors (Lipinski definition) is 3. The van der Waals surface area contributed by atoms with Gasteiger partial charge in [-0.2, -0.15) is 5.26 Å². The van der Waals surface area contributed by atoms with Crippen molar-refractivity contribution in [2.24, 2.45) is 5.73 Å². The van der Waals surface area contributed by atoms with Crippen LogP contribution in [0.5, 0.6) is 0 Å². The van der Waals surface area contributed by atoms with Crippen LogP contribution in [0.1, 0.15) is 15.9 Å². The van der Waals surface area contributed by atoms with Crippen LogP contribution >= 0.6 is 0 Å². The second-order valence-corrected chi connectivity index (χ2v) is 3.64. The zero-order valence-electron chi connectivity index (χ0n) is 8.18. The lowest BCUT2D eigenvalue weighted by Gasteiger charge is -2.03. The fourth-order valence-corrected chi connectivity index (χ4v) is 1.53. The molecule has 1 aliphatic rings. The van der Waals surface area contributed by atoms with E-state index < -0.39 is 5.91 Å². The predicted molar refractivity (Wildman–Crippen MR) is 54.8 cm³/mol. The first-order valence-corrected chi connectivity index (χ1v) is 4.73. The van der Waals surface area contributed by atoms with Crippen molar-refractivity contribution in [1.29, 1.82) is 5.26 Å². The van der Waals surface area contributed by atoms with E-state index in [2.05, 4.69) is 6.07 Å². The summed E-state index contributed by atoms with van der Waals surface area (Å²) in [5.74, 6) is -0.417. The van der Waals surface area contributed by atoms with Gasteiger partial charge in [0.2, 0.25) is 5.91 Å². The molecule has 76 valence electrons. The first kappa shape index (κ1) is 9.69. The number of benzene rings is 1. The normalized spacial score (nSPS) is 23.1. The van der Waals surface area contributed by atoms with Crippen LogP contribution in [0.2, 0.25) is 0 Å². The third-order valence-corrected chi connectivity index (χ3v) is 2.46. The molecule has 0 bridgehead atoms. The predicted octanol–water partition coefficient (Wildman–Crippen LogP) is 0.493. The molecular formula is C11H11N3O. The van der Waals surface area contributed by atoms with Crippen LogP contribution in [0.3, 0.4) is 0 Å². The van der Waals surface area contributed by atoms with Gasteiger partial charge in [-0.3, -0.25) is 9.69 Å². The van der Waals surface area contributed by atoms with Crippen molar-refractivity contribution in [3.8, 4) is 6.07 Å². The van der Waals surface area contributed by atoms with E-state index in [1.54, 1.807) is 18.2 Å². The number of nitriles is 1. The summed E-state index contributed by atoms with van der Waals surface area (Å²) in [7, 11) is 0. The molecule has 1 amide bonds.